The predicted molar refractivity (Wildman–Crippen MR) is 109 cm³/mol. The van der Waals surface area contributed by atoms with Gasteiger partial charge in [0.15, 0.2) is 5.78 Å². The summed E-state index contributed by atoms with van der Waals surface area (Å²) in [6, 6.07) is 13.3. The quantitative estimate of drug-likeness (QED) is 0.604. The van der Waals surface area contributed by atoms with Gasteiger partial charge >= 0.3 is 0 Å². The van der Waals surface area contributed by atoms with E-state index in [1.807, 2.05) is 38.1 Å². The molecule has 7 heteroatoms. The van der Waals surface area contributed by atoms with Crippen LogP contribution in [0, 0.1) is 6.92 Å². The van der Waals surface area contributed by atoms with Crippen LogP contribution in [0.3, 0.4) is 0 Å². The second kappa shape index (κ2) is 9.82. The Morgan fingerprint density at radius 3 is 2.04 bits per heavy atom. The highest BCUT2D eigenvalue weighted by atomic mass is 32.2. The van der Waals surface area contributed by atoms with Crippen LogP contribution in [0.2, 0.25) is 0 Å². The number of likely N-dealkylation sites (tertiary alicyclic amines) is 1. The van der Waals surface area contributed by atoms with Gasteiger partial charge in [0.05, 0.1) is 18.0 Å². The number of carbonyl (C=O) groups excluding carboxylic acids is 1. The van der Waals surface area contributed by atoms with Gasteiger partial charge in [-0.2, -0.15) is 8.42 Å². The third kappa shape index (κ3) is 6.15. The van der Waals surface area contributed by atoms with Crippen LogP contribution in [-0.4, -0.2) is 49.9 Å². The van der Waals surface area contributed by atoms with E-state index in [1.165, 1.54) is 25.0 Å². The molecule has 1 heterocycles. The molecule has 1 N–H and O–H groups in total. The number of Topliss-reactive ketones (excluding diaryl/α,β-unsaturated/α-hetero) is 1. The Labute approximate surface area is 166 Å². The largest absolute Gasteiger partial charge is 0.497 e. The van der Waals surface area contributed by atoms with Crippen LogP contribution in [0.5, 0.6) is 5.75 Å². The molecule has 1 aliphatic heterocycles. The Balaban J connectivity index is 0.000000221. The van der Waals surface area contributed by atoms with Crippen LogP contribution >= 0.6 is 0 Å². The Hall–Kier alpha value is -2.22. The van der Waals surface area contributed by atoms with Crippen LogP contribution in [0.15, 0.2) is 53.4 Å². The van der Waals surface area contributed by atoms with E-state index in [1.54, 1.807) is 19.2 Å². The summed E-state index contributed by atoms with van der Waals surface area (Å²) in [6.45, 7) is 5.93. The van der Waals surface area contributed by atoms with Gasteiger partial charge in [0.1, 0.15) is 5.75 Å². The van der Waals surface area contributed by atoms with Gasteiger partial charge in [-0.05, 0) is 76.2 Å². The molecule has 6 nitrogen and oxygen atoms in total. The first kappa shape index (κ1) is 22.1. The van der Waals surface area contributed by atoms with Crippen LogP contribution < -0.4 is 4.74 Å². The number of hydrogen-bond donors (Lipinski definition) is 1. The van der Waals surface area contributed by atoms with Gasteiger partial charge < -0.3 is 4.74 Å². The maximum absolute atomic E-state index is 12.2. The Bertz CT molecular complexity index is 870. The maximum atomic E-state index is 12.2. The van der Waals surface area contributed by atoms with Crippen molar-refractivity contribution in [2.75, 3.05) is 20.2 Å². The molecule has 152 valence electrons. The van der Waals surface area contributed by atoms with Gasteiger partial charge in [0.25, 0.3) is 10.1 Å². The highest BCUT2D eigenvalue weighted by Gasteiger charge is 2.24. The maximum Gasteiger partial charge on any atom is 0.294 e. The molecule has 3 rings (SSSR count). The van der Waals surface area contributed by atoms with Crippen molar-refractivity contribution in [2.24, 2.45) is 0 Å². The summed E-state index contributed by atoms with van der Waals surface area (Å²) in [5.74, 6) is 0.991. The van der Waals surface area contributed by atoms with E-state index >= 15 is 0 Å². The number of benzene rings is 2. The molecule has 0 aromatic heterocycles. The third-order valence-electron chi connectivity index (χ3n) is 4.76. The van der Waals surface area contributed by atoms with Crippen LogP contribution in [-0.2, 0) is 10.1 Å². The topological polar surface area (TPSA) is 83.9 Å². The minimum absolute atomic E-state index is 0.00843. The lowest BCUT2D eigenvalue weighted by atomic mass is 10.0. The second-order valence-electron chi connectivity index (χ2n) is 6.80. The average Bonchev–Trinajstić information content (AvgIpc) is 3.22. The molecular formula is C21H27NO5S. The number of aryl methyl sites for hydroxylation is 1. The Morgan fingerprint density at radius 1 is 1.04 bits per heavy atom. The van der Waals surface area contributed by atoms with Gasteiger partial charge in [-0.1, -0.05) is 17.7 Å². The van der Waals surface area contributed by atoms with Crippen LogP contribution in [0.25, 0.3) is 0 Å². The van der Waals surface area contributed by atoms with Crippen molar-refractivity contribution in [3.8, 4) is 5.75 Å². The molecule has 2 aromatic carbocycles. The molecule has 0 amide bonds. The lowest BCUT2D eigenvalue weighted by molar-refractivity contribution is 0.0867. The Kier molecular flexibility index (Phi) is 7.74. The first-order valence-electron chi connectivity index (χ1n) is 9.19. The molecule has 0 radical (unpaired) electrons. The van der Waals surface area contributed by atoms with Gasteiger partial charge in [-0.15, -0.1) is 0 Å². The molecule has 0 saturated carbocycles. The van der Waals surface area contributed by atoms with Crippen molar-refractivity contribution in [1.82, 2.24) is 4.90 Å². The summed E-state index contributed by atoms with van der Waals surface area (Å²) >= 11 is 0. The number of methoxy groups -OCH3 is 1. The van der Waals surface area contributed by atoms with E-state index in [9.17, 15) is 13.2 Å². The highest BCUT2D eigenvalue weighted by Crippen LogP contribution is 2.17. The fourth-order valence-electron chi connectivity index (χ4n) is 3.00. The average molecular weight is 406 g/mol. The molecule has 0 spiro atoms. The molecule has 0 aliphatic carbocycles. The second-order valence-corrected chi connectivity index (χ2v) is 8.22. The molecule has 1 unspecified atom stereocenters. The van der Waals surface area contributed by atoms with Crippen molar-refractivity contribution in [2.45, 2.75) is 37.6 Å². The van der Waals surface area contributed by atoms with Crippen molar-refractivity contribution in [3.63, 3.8) is 0 Å². The van der Waals surface area contributed by atoms with Gasteiger partial charge in [0, 0.05) is 5.56 Å². The van der Waals surface area contributed by atoms with Gasteiger partial charge in [0.2, 0.25) is 0 Å². The van der Waals surface area contributed by atoms with Gasteiger partial charge in [-0.25, -0.2) is 0 Å². The Morgan fingerprint density at radius 2 is 1.57 bits per heavy atom. The fraction of sp³-hybridized carbons (Fsp3) is 0.381. The highest BCUT2D eigenvalue weighted by molar-refractivity contribution is 7.85. The number of carbonyl (C=O) groups is 1. The molecule has 1 saturated heterocycles. The number of hydrogen-bond acceptors (Lipinski definition) is 5. The number of nitrogens with zero attached hydrogens (tertiary/aromatic N) is 1. The van der Waals surface area contributed by atoms with Crippen molar-refractivity contribution in [1.29, 1.82) is 0 Å². The third-order valence-corrected chi connectivity index (χ3v) is 5.63. The standard InChI is InChI=1S/C14H19NO2.C7H8O3S/c1-11(15-9-3-4-10-15)14(16)12-5-7-13(17-2)8-6-12;1-6-2-4-7(5-3-6)11(8,9)10/h5-8,11H,3-4,9-10H2,1-2H3;2-5H,1H3,(H,8,9,10). The zero-order valence-corrected chi connectivity index (χ0v) is 17.3. The van der Waals surface area contributed by atoms with E-state index < -0.39 is 10.1 Å². The fourth-order valence-corrected chi connectivity index (χ4v) is 3.48. The molecule has 1 aliphatic rings. The van der Waals surface area contributed by atoms with E-state index in [2.05, 4.69) is 4.90 Å². The lowest BCUT2D eigenvalue weighted by Gasteiger charge is -2.22. The molecular weight excluding hydrogens is 378 g/mol. The van der Waals surface area contributed by atoms with E-state index in [0.29, 0.717) is 0 Å². The number of ether oxygens (including phenoxy) is 1. The summed E-state index contributed by atoms with van der Waals surface area (Å²) in [7, 11) is -2.39. The lowest BCUT2D eigenvalue weighted by Crippen LogP contribution is -2.36. The minimum Gasteiger partial charge on any atom is -0.497 e. The number of ketones is 1. The van der Waals surface area contributed by atoms with E-state index in [0.717, 1.165) is 30.0 Å². The van der Waals surface area contributed by atoms with E-state index in [4.69, 9.17) is 9.29 Å². The smallest absolute Gasteiger partial charge is 0.294 e. The molecule has 0 bridgehead atoms. The first-order chi connectivity index (χ1) is 13.2. The predicted octanol–water partition coefficient (Wildman–Crippen LogP) is 3.60. The summed E-state index contributed by atoms with van der Waals surface area (Å²) in [5, 5.41) is 0. The van der Waals surface area contributed by atoms with Crippen LogP contribution in [0.1, 0.15) is 35.7 Å². The van der Waals surface area contributed by atoms with Gasteiger partial charge in [-0.3, -0.25) is 14.2 Å². The molecule has 1 fully saturated rings. The van der Waals surface area contributed by atoms with Crippen molar-refractivity contribution >= 4 is 15.9 Å². The summed E-state index contributed by atoms with van der Waals surface area (Å²) in [6.07, 6.45) is 2.42. The summed E-state index contributed by atoms with van der Waals surface area (Å²) < 4.78 is 34.6. The molecule has 28 heavy (non-hydrogen) atoms. The normalized spacial score (nSPS) is 15.4. The van der Waals surface area contributed by atoms with Crippen LogP contribution in [0.4, 0.5) is 0 Å². The zero-order valence-electron chi connectivity index (χ0n) is 16.5. The monoisotopic (exact) mass is 405 g/mol. The minimum atomic E-state index is -4.02. The number of rotatable bonds is 5. The summed E-state index contributed by atoms with van der Waals surface area (Å²) in [4.78, 5) is 14.4. The molecule has 2 aromatic rings. The first-order valence-corrected chi connectivity index (χ1v) is 10.6. The van der Waals surface area contributed by atoms with E-state index in [-0.39, 0.29) is 16.7 Å². The van der Waals surface area contributed by atoms with Crippen molar-refractivity contribution < 1.29 is 22.5 Å². The van der Waals surface area contributed by atoms with Crippen molar-refractivity contribution in [3.05, 3.63) is 59.7 Å². The summed E-state index contributed by atoms with van der Waals surface area (Å²) in [5.41, 5.74) is 1.72. The SMILES string of the molecule is COc1ccc(C(=O)C(C)N2CCCC2)cc1.Cc1ccc(S(=O)(=O)O)cc1. The molecule has 1 atom stereocenters. The zero-order chi connectivity index (χ0) is 20.7.